The van der Waals surface area contributed by atoms with Crippen molar-refractivity contribution in [2.45, 2.75) is 6.92 Å². The van der Waals surface area contributed by atoms with Gasteiger partial charge in [-0.25, -0.2) is 9.78 Å². The molecular weight excluding hydrogens is 590 g/mol. The molecular formula is C31H22BrN3O6. The van der Waals surface area contributed by atoms with Crippen LogP contribution in [0.1, 0.15) is 22.8 Å². The minimum absolute atomic E-state index is 0.108. The van der Waals surface area contributed by atoms with Crippen LogP contribution in [0.5, 0.6) is 23.0 Å². The van der Waals surface area contributed by atoms with Crippen LogP contribution in [0.4, 0.5) is 0 Å². The maximum Gasteiger partial charge on any atom is 0.343 e. The van der Waals surface area contributed by atoms with Crippen molar-refractivity contribution in [3.63, 3.8) is 0 Å². The van der Waals surface area contributed by atoms with Gasteiger partial charge in [0.25, 0.3) is 5.56 Å². The van der Waals surface area contributed by atoms with Crippen LogP contribution in [0.15, 0.2) is 99.3 Å². The van der Waals surface area contributed by atoms with Crippen LogP contribution in [0.2, 0.25) is 0 Å². The molecule has 0 unspecified atom stereocenters. The number of halogens is 1. The monoisotopic (exact) mass is 611 g/mol. The zero-order valence-electron chi connectivity index (χ0n) is 21.7. The van der Waals surface area contributed by atoms with E-state index in [4.69, 9.17) is 23.9 Å². The highest BCUT2D eigenvalue weighted by Crippen LogP contribution is 2.34. The summed E-state index contributed by atoms with van der Waals surface area (Å²) in [6.45, 7) is 2.28. The summed E-state index contributed by atoms with van der Waals surface area (Å²) < 4.78 is 24.2. The molecule has 5 aromatic rings. The zero-order chi connectivity index (χ0) is 28.3. The van der Waals surface area contributed by atoms with Crippen LogP contribution in [-0.2, 0) is 0 Å². The fourth-order valence-corrected chi connectivity index (χ4v) is 4.55. The molecule has 1 aliphatic heterocycles. The normalized spacial score (nSPS) is 12.1. The average molecular weight is 612 g/mol. The Bertz CT molecular complexity index is 1870. The molecule has 0 N–H and O–H groups in total. The highest BCUT2D eigenvalue weighted by molar-refractivity contribution is 9.10. The Kier molecular flexibility index (Phi) is 7.22. The molecule has 0 aliphatic carbocycles. The third-order valence-electron chi connectivity index (χ3n) is 6.26. The highest BCUT2D eigenvalue weighted by atomic mass is 79.9. The van der Waals surface area contributed by atoms with Gasteiger partial charge in [-0.05, 0) is 73.2 Å². The lowest BCUT2D eigenvalue weighted by atomic mass is 10.2. The fraction of sp³-hybridized carbons (Fsp3) is 0.0968. The quantitative estimate of drug-likeness (QED) is 0.125. The number of ether oxygens (including phenoxy) is 4. The first-order valence-electron chi connectivity index (χ1n) is 12.7. The number of carbonyl (C=O) groups is 1. The first-order chi connectivity index (χ1) is 20.0. The Morgan fingerprint density at radius 3 is 2.63 bits per heavy atom. The Balaban J connectivity index is 1.33. The van der Waals surface area contributed by atoms with Gasteiger partial charge in [0.05, 0.1) is 29.3 Å². The van der Waals surface area contributed by atoms with Crippen molar-refractivity contribution < 1.29 is 23.7 Å². The summed E-state index contributed by atoms with van der Waals surface area (Å²) in [7, 11) is 0. The summed E-state index contributed by atoms with van der Waals surface area (Å²) in [6.07, 6.45) is 1.53. The van der Waals surface area contributed by atoms with E-state index in [0.717, 1.165) is 10.0 Å². The van der Waals surface area contributed by atoms with Crippen molar-refractivity contribution in [3.05, 3.63) is 111 Å². The van der Waals surface area contributed by atoms with Crippen molar-refractivity contribution in [3.8, 4) is 34.4 Å². The largest absolute Gasteiger partial charge is 0.490 e. The molecule has 9 nitrogen and oxygen atoms in total. The minimum atomic E-state index is -0.571. The van der Waals surface area contributed by atoms with E-state index in [9.17, 15) is 9.59 Å². The first kappa shape index (κ1) is 26.3. The summed E-state index contributed by atoms with van der Waals surface area (Å²) in [6, 6.07) is 24.5. The van der Waals surface area contributed by atoms with Gasteiger partial charge < -0.3 is 18.9 Å². The molecule has 41 heavy (non-hydrogen) atoms. The van der Waals surface area contributed by atoms with Gasteiger partial charge in [-0.2, -0.15) is 9.78 Å². The summed E-state index contributed by atoms with van der Waals surface area (Å²) in [5, 5.41) is 4.96. The lowest BCUT2D eigenvalue weighted by molar-refractivity contribution is 0.0728. The minimum Gasteiger partial charge on any atom is -0.490 e. The van der Waals surface area contributed by atoms with Crippen LogP contribution in [0.3, 0.4) is 0 Å². The van der Waals surface area contributed by atoms with Crippen LogP contribution in [-0.4, -0.2) is 35.2 Å². The third-order valence-corrected chi connectivity index (χ3v) is 6.79. The van der Waals surface area contributed by atoms with Gasteiger partial charge in [-0.15, -0.1) is 0 Å². The number of carbonyl (C=O) groups excluding carboxylic acids is 1. The van der Waals surface area contributed by atoms with Gasteiger partial charge in [0.15, 0.2) is 28.8 Å². The summed E-state index contributed by atoms with van der Waals surface area (Å²) in [4.78, 5) is 31.0. The van der Waals surface area contributed by atoms with Crippen molar-refractivity contribution in [1.82, 2.24) is 9.66 Å². The highest BCUT2D eigenvalue weighted by Gasteiger charge is 2.19. The van der Waals surface area contributed by atoms with E-state index in [-0.39, 0.29) is 18.1 Å². The molecule has 0 atom stereocenters. The number of aromatic nitrogens is 2. The van der Waals surface area contributed by atoms with Crippen molar-refractivity contribution in [1.29, 1.82) is 0 Å². The molecule has 1 aromatic heterocycles. The van der Waals surface area contributed by atoms with E-state index < -0.39 is 5.97 Å². The molecule has 6 rings (SSSR count). The van der Waals surface area contributed by atoms with E-state index in [1.54, 1.807) is 54.6 Å². The second-order valence-electron chi connectivity index (χ2n) is 8.92. The van der Waals surface area contributed by atoms with E-state index in [0.29, 0.717) is 51.7 Å². The average Bonchev–Trinajstić information content (AvgIpc) is 3.46. The van der Waals surface area contributed by atoms with E-state index in [1.165, 1.54) is 10.9 Å². The number of hydrogen-bond donors (Lipinski definition) is 0. The van der Waals surface area contributed by atoms with Crippen LogP contribution in [0, 0.1) is 0 Å². The number of benzene rings is 4. The predicted molar refractivity (Wildman–Crippen MR) is 157 cm³/mol. The van der Waals surface area contributed by atoms with Gasteiger partial charge in [0.2, 0.25) is 6.79 Å². The molecule has 204 valence electrons. The number of para-hydroxylation sites is 1. The summed E-state index contributed by atoms with van der Waals surface area (Å²) >= 11 is 3.44. The molecule has 0 saturated carbocycles. The van der Waals surface area contributed by atoms with Gasteiger partial charge in [0.1, 0.15) is 0 Å². The van der Waals surface area contributed by atoms with E-state index in [1.807, 2.05) is 37.3 Å². The number of rotatable bonds is 7. The molecule has 2 heterocycles. The van der Waals surface area contributed by atoms with Gasteiger partial charge in [0, 0.05) is 10.0 Å². The zero-order valence-corrected chi connectivity index (χ0v) is 23.3. The van der Waals surface area contributed by atoms with E-state index >= 15 is 0 Å². The Morgan fingerprint density at radius 2 is 1.80 bits per heavy atom. The summed E-state index contributed by atoms with van der Waals surface area (Å²) in [5.41, 5.74) is 1.94. The molecule has 4 aromatic carbocycles. The second kappa shape index (κ2) is 11.3. The number of esters is 1. The van der Waals surface area contributed by atoms with Crippen LogP contribution in [0.25, 0.3) is 22.3 Å². The number of fused-ring (bicyclic) bond motifs is 2. The van der Waals surface area contributed by atoms with Crippen molar-refractivity contribution in [2.75, 3.05) is 13.4 Å². The van der Waals surface area contributed by atoms with Gasteiger partial charge >= 0.3 is 5.97 Å². The van der Waals surface area contributed by atoms with Crippen molar-refractivity contribution in [2.24, 2.45) is 5.10 Å². The van der Waals surface area contributed by atoms with Crippen LogP contribution >= 0.6 is 15.9 Å². The van der Waals surface area contributed by atoms with Gasteiger partial charge in [-0.1, -0.05) is 40.2 Å². The van der Waals surface area contributed by atoms with Gasteiger partial charge in [-0.3, -0.25) is 4.79 Å². The maximum absolute atomic E-state index is 13.5. The SMILES string of the molecule is CCOc1cc(C=Nn2c(-c3ccc(Br)cc3)nc3ccccc3c2=O)ccc1OC(=O)c1ccc2c(c1)OCO2. The molecule has 0 amide bonds. The second-order valence-corrected chi connectivity index (χ2v) is 9.83. The molecule has 0 bridgehead atoms. The molecule has 1 aliphatic rings. The van der Waals surface area contributed by atoms with E-state index in [2.05, 4.69) is 21.0 Å². The molecule has 10 heteroatoms. The lowest BCUT2D eigenvalue weighted by Gasteiger charge is -2.12. The topological polar surface area (TPSA) is 101 Å². The molecule has 0 fully saturated rings. The summed E-state index contributed by atoms with van der Waals surface area (Å²) in [5.74, 6) is 1.48. The molecule has 0 spiro atoms. The smallest absolute Gasteiger partial charge is 0.343 e. The predicted octanol–water partition coefficient (Wildman–Crippen LogP) is 6.05. The van der Waals surface area contributed by atoms with Crippen LogP contribution < -0.4 is 24.5 Å². The maximum atomic E-state index is 13.5. The molecule has 0 saturated heterocycles. The van der Waals surface area contributed by atoms with Crippen molar-refractivity contribution >= 4 is 39.0 Å². The fourth-order valence-electron chi connectivity index (χ4n) is 4.28. The third kappa shape index (κ3) is 5.42. The lowest BCUT2D eigenvalue weighted by Crippen LogP contribution is -2.20. The number of nitrogens with zero attached hydrogens (tertiary/aromatic N) is 3. The standard InChI is InChI=1S/C31H22BrN3O6/c1-2-38-27-15-19(7-13-26(27)41-31(37)21-10-14-25-28(16-21)40-18-39-25)17-33-35-29(20-8-11-22(32)12-9-20)34-24-6-4-3-5-23(24)30(35)36/h3-17H,2,18H2,1H3. The Hall–Kier alpha value is -4.96. The Labute approximate surface area is 242 Å². The first-order valence-corrected chi connectivity index (χ1v) is 13.5. The molecule has 0 radical (unpaired) electrons. The Morgan fingerprint density at radius 1 is 1.00 bits per heavy atom. The number of hydrogen-bond acceptors (Lipinski definition) is 8.